The minimum atomic E-state index is -3.37. The molecule has 0 aliphatic carbocycles. The van der Waals surface area contributed by atoms with Gasteiger partial charge in [-0.1, -0.05) is 12.1 Å². The van der Waals surface area contributed by atoms with Crippen molar-refractivity contribution >= 4 is 48.2 Å². The number of fused-ring (bicyclic) bond motifs is 2. The van der Waals surface area contributed by atoms with Crippen molar-refractivity contribution in [2.45, 2.75) is 6.92 Å². The molecule has 6 nitrogen and oxygen atoms in total. The summed E-state index contributed by atoms with van der Waals surface area (Å²) in [4.78, 5) is 7.51. The third-order valence-corrected chi connectivity index (χ3v) is 6.30. The van der Waals surface area contributed by atoms with Crippen LogP contribution in [0.5, 0.6) is 5.88 Å². The second kappa shape index (κ2) is 5.75. The number of hydrogen-bond donors (Lipinski definition) is 3. The van der Waals surface area contributed by atoms with Crippen LogP contribution in [0.25, 0.3) is 31.7 Å². The maximum atomic E-state index is 11.8. The van der Waals surface area contributed by atoms with E-state index in [1.54, 1.807) is 25.1 Å². The Bertz CT molecular complexity index is 1160. The molecule has 2 heterocycles. The molecule has 0 unspecified atom stereocenters. The van der Waals surface area contributed by atoms with Crippen LogP contribution >= 0.6 is 11.3 Å². The summed E-state index contributed by atoms with van der Waals surface area (Å²) < 4.78 is 27.2. The molecule has 0 aliphatic heterocycles. The van der Waals surface area contributed by atoms with Gasteiger partial charge in [0.05, 0.1) is 21.5 Å². The summed E-state index contributed by atoms with van der Waals surface area (Å²) in [6.45, 7) is 1.58. The van der Waals surface area contributed by atoms with Crippen molar-refractivity contribution in [2.75, 3.05) is 10.5 Å². The van der Waals surface area contributed by atoms with Gasteiger partial charge in [-0.2, -0.15) is 0 Å². The van der Waals surface area contributed by atoms with Crippen LogP contribution in [0.4, 0.5) is 5.69 Å². The zero-order valence-electron chi connectivity index (χ0n) is 13.3. The molecule has 0 bridgehead atoms. The molecular formula is C17H15N3O3S2. The van der Waals surface area contributed by atoms with Gasteiger partial charge in [0.1, 0.15) is 5.01 Å². The largest absolute Gasteiger partial charge is 0.494 e. The van der Waals surface area contributed by atoms with Crippen molar-refractivity contribution in [1.82, 2.24) is 9.97 Å². The van der Waals surface area contributed by atoms with Gasteiger partial charge in [0, 0.05) is 16.6 Å². The van der Waals surface area contributed by atoms with Crippen molar-refractivity contribution in [2.24, 2.45) is 0 Å². The van der Waals surface area contributed by atoms with Crippen molar-refractivity contribution in [3.63, 3.8) is 0 Å². The molecule has 0 saturated carbocycles. The smallest absolute Gasteiger partial charge is 0.232 e. The molecule has 0 radical (unpaired) electrons. The summed E-state index contributed by atoms with van der Waals surface area (Å²) in [6, 6.07) is 12.9. The highest BCUT2D eigenvalue weighted by Crippen LogP contribution is 2.41. The lowest BCUT2D eigenvalue weighted by Crippen LogP contribution is -2.14. The van der Waals surface area contributed by atoms with E-state index < -0.39 is 10.0 Å². The molecule has 0 atom stereocenters. The third-order valence-electron chi connectivity index (χ3n) is 3.94. The maximum absolute atomic E-state index is 11.8. The summed E-state index contributed by atoms with van der Waals surface area (Å²) in [5, 5.41) is 11.8. The Balaban J connectivity index is 1.89. The van der Waals surface area contributed by atoms with E-state index in [1.165, 1.54) is 11.3 Å². The van der Waals surface area contributed by atoms with Gasteiger partial charge in [-0.15, -0.1) is 11.3 Å². The van der Waals surface area contributed by atoms with E-state index in [-0.39, 0.29) is 11.6 Å². The van der Waals surface area contributed by atoms with E-state index in [2.05, 4.69) is 14.7 Å². The number of anilines is 1. The standard InChI is InChI=1S/C17H15N3O3S2/c1-2-25(22,23)20-10-7-8-12-11(9-10)15(16(21)18-12)17-19-13-5-3-4-6-14(13)24-17/h3-9,18,20-21H,2H2,1H3. The predicted molar refractivity (Wildman–Crippen MR) is 102 cm³/mol. The average molecular weight is 373 g/mol. The number of aromatic hydroxyl groups is 1. The quantitative estimate of drug-likeness (QED) is 0.505. The number of benzene rings is 2. The van der Waals surface area contributed by atoms with Crippen LogP contribution in [0, 0.1) is 0 Å². The normalized spacial score (nSPS) is 12.0. The molecule has 0 fully saturated rings. The zero-order valence-corrected chi connectivity index (χ0v) is 14.9. The van der Waals surface area contributed by atoms with Crippen LogP contribution in [0.2, 0.25) is 0 Å². The molecule has 25 heavy (non-hydrogen) atoms. The topological polar surface area (TPSA) is 95.1 Å². The Morgan fingerprint density at radius 1 is 1.24 bits per heavy atom. The fraction of sp³-hybridized carbons (Fsp3) is 0.118. The van der Waals surface area contributed by atoms with Gasteiger partial charge in [0.25, 0.3) is 0 Å². The summed E-state index contributed by atoms with van der Waals surface area (Å²) in [7, 11) is -3.37. The number of H-pyrrole nitrogens is 1. The first kappa shape index (κ1) is 15.9. The Labute approximate surface area is 148 Å². The molecule has 4 aromatic rings. The second-order valence-corrected chi connectivity index (χ2v) is 8.64. The number of sulfonamides is 1. The Morgan fingerprint density at radius 3 is 2.80 bits per heavy atom. The molecular weight excluding hydrogens is 358 g/mol. The highest BCUT2D eigenvalue weighted by Gasteiger charge is 2.18. The highest BCUT2D eigenvalue weighted by atomic mass is 32.2. The number of nitrogens with zero attached hydrogens (tertiary/aromatic N) is 1. The van der Waals surface area contributed by atoms with Crippen molar-refractivity contribution in [3.8, 4) is 16.5 Å². The van der Waals surface area contributed by atoms with E-state index in [1.807, 2.05) is 24.3 Å². The lowest BCUT2D eigenvalue weighted by molar-refractivity contribution is 0.460. The number of aromatic nitrogens is 2. The van der Waals surface area contributed by atoms with Gasteiger partial charge < -0.3 is 10.1 Å². The number of hydrogen-bond acceptors (Lipinski definition) is 5. The molecule has 0 saturated heterocycles. The number of para-hydroxylation sites is 1. The van der Waals surface area contributed by atoms with Gasteiger partial charge in [-0.25, -0.2) is 13.4 Å². The van der Waals surface area contributed by atoms with Gasteiger partial charge in [0.15, 0.2) is 5.88 Å². The number of aromatic amines is 1. The van der Waals surface area contributed by atoms with Gasteiger partial charge in [-0.3, -0.25) is 4.72 Å². The van der Waals surface area contributed by atoms with Crippen LogP contribution in [0.15, 0.2) is 42.5 Å². The molecule has 128 valence electrons. The third kappa shape index (κ3) is 2.83. The molecule has 0 spiro atoms. The lowest BCUT2D eigenvalue weighted by atomic mass is 10.1. The Hall–Kier alpha value is -2.58. The summed E-state index contributed by atoms with van der Waals surface area (Å²) in [6.07, 6.45) is 0. The molecule has 2 aromatic heterocycles. The summed E-state index contributed by atoms with van der Waals surface area (Å²) >= 11 is 1.48. The monoisotopic (exact) mass is 373 g/mol. The number of nitrogens with one attached hydrogen (secondary N) is 2. The predicted octanol–water partition coefficient (Wildman–Crippen LogP) is 3.91. The van der Waals surface area contributed by atoms with Crippen LogP contribution in [0.3, 0.4) is 0 Å². The molecule has 0 amide bonds. The van der Waals surface area contributed by atoms with E-state index in [0.717, 1.165) is 10.2 Å². The summed E-state index contributed by atoms with van der Waals surface area (Å²) in [5.74, 6) is 0.0123. The fourth-order valence-corrected chi connectivity index (χ4v) is 4.34. The van der Waals surface area contributed by atoms with Crippen LogP contribution < -0.4 is 4.72 Å². The van der Waals surface area contributed by atoms with Crippen molar-refractivity contribution in [3.05, 3.63) is 42.5 Å². The van der Waals surface area contributed by atoms with Crippen LogP contribution in [-0.2, 0) is 10.0 Å². The molecule has 0 aliphatic rings. The number of thiazole rings is 1. The van der Waals surface area contributed by atoms with Crippen molar-refractivity contribution < 1.29 is 13.5 Å². The minimum absolute atomic E-state index is 0.00580. The van der Waals surface area contributed by atoms with E-state index in [9.17, 15) is 13.5 Å². The highest BCUT2D eigenvalue weighted by molar-refractivity contribution is 7.92. The maximum Gasteiger partial charge on any atom is 0.232 e. The number of rotatable bonds is 4. The Kier molecular flexibility index (Phi) is 3.66. The van der Waals surface area contributed by atoms with Gasteiger partial charge >= 0.3 is 0 Å². The Morgan fingerprint density at radius 2 is 2.04 bits per heavy atom. The molecule has 2 aromatic carbocycles. The molecule has 3 N–H and O–H groups in total. The summed E-state index contributed by atoms with van der Waals surface area (Å²) in [5.41, 5.74) is 2.61. The second-order valence-electron chi connectivity index (χ2n) is 5.60. The van der Waals surface area contributed by atoms with Gasteiger partial charge in [0.2, 0.25) is 10.0 Å². The minimum Gasteiger partial charge on any atom is -0.494 e. The fourth-order valence-electron chi connectivity index (χ4n) is 2.69. The van der Waals surface area contributed by atoms with Gasteiger partial charge in [-0.05, 0) is 37.3 Å². The average Bonchev–Trinajstić information content (AvgIpc) is 3.13. The SMILES string of the molecule is CCS(=O)(=O)Nc1ccc2[nH]c(O)c(-c3nc4ccccc4s3)c2c1. The van der Waals surface area contributed by atoms with Crippen LogP contribution in [0.1, 0.15) is 6.92 Å². The first-order chi connectivity index (χ1) is 12.0. The molecule has 4 rings (SSSR count). The van der Waals surface area contributed by atoms with E-state index >= 15 is 0 Å². The lowest BCUT2D eigenvalue weighted by Gasteiger charge is -2.06. The van der Waals surface area contributed by atoms with Crippen molar-refractivity contribution in [1.29, 1.82) is 0 Å². The molecule has 8 heteroatoms. The van der Waals surface area contributed by atoms with E-state index in [0.29, 0.717) is 27.2 Å². The van der Waals surface area contributed by atoms with E-state index in [4.69, 9.17) is 0 Å². The van der Waals surface area contributed by atoms with Crippen LogP contribution in [-0.4, -0.2) is 29.2 Å². The first-order valence-electron chi connectivity index (χ1n) is 7.68. The first-order valence-corrected chi connectivity index (χ1v) is 10.1. The zero-order chi connectivity index (χ0) is 17.6.